The first-order valence-corrected chi connectivity index (χ1v) is 5.45. The van der Waals surface area contributed by atoms with Crippen molar-refractivity contribution in [2.75, 3.05) is 5.32 Å². The first-order chi connectivity index (χ1) is 8.43. The quantitative estimate of drug-likeness (QED) is 0.367. The fourth-order valence-corrected chi connectivity index (χ4v) is 1.29. The van der Waals surface area contributed by atoms with Crippen LogP contribution in [-0.2, 0) is 0 Å². The summed E-state index contributed by atoms with van der Waals surface area (Å²) in [5.74, 6) is 1.35. The fourth-order valence-electron chi connectivity index (χ4n) is 1.29. The highest BCUT2D eigenvalue weighted by Gasteiger charge is 2.10. The Labute approximate surface area is 128 Å². The number of guanidine groups is 1. The predicted octanol–water partition coefficient (Wildman–Crippen LogP) is 2.97. The minimum absolute atomic E-state index is 0. The van der Waals surface area contributed by atoms with Crippen molar-refractivity contribution in [3.8, 4) is 12.3 Å². The molecule has 1 aromatic carbocycles. The number of terminal acetylenes is 1. The van der Waals surface area contributed by atoms with Gasteiger partial charge in [-0.2, -0.15) is 0 Å². The van der Waals surface area contributed by atoms with E-state index in [-0.39, 0.29) is 41.5 Å². The molecule has 1 atom stereocenters. The van der Waals surface area contributed by atoms with Crippen molar-refractivity contribution in [3.63, 3.8) is 0 Å². The Hall–Kier alpha value is -1.36. The van der Waals surface area contributed by atoms with Gasteiger partial charge >= 0.3 is 0 Å². The van der Waals surface area contributed by atoms with E-state index in [2.05, 4.69) is 16.2 Å². The van der Waals surface area contributed by atoms with E-state index < -0.39 is 17.7 Å². The molecule has 0 saturated heterocycles. The number of rotatable bonds is 3. The number of hydrogen-bond acceptors (Lipinski definition) is 1. The third-order valence-corrected chi connectivity index (χ3v) is 2.27. The van der Waals surface area contributed by atoms with Crippen molar-refractivity contribution in [1.82, 2.24) is 0 Å². The first kappa shape index (κ1) is 17.6. The number of halogens is 3. The lowest BCUT2D eigenvalue weighted by Crippen LogP contribution is -2.26. The van der Waals surface area contributed by atoms with Gasteiger partial charge in [-0.15, -0.1) is 30.4 Å². The zero-order valence-electron chi connectivity index (χ0n) is 10.7. The van der Waals surface area contributed by atoms with Gasteiger partial charge in [0.05, 0.1) is 5.69 Å². The van der Waals surface area contributed by atoms with Crippen LogP contribution in [0.4, 0.5) is 14.5 Å². The Morgan fingerprint density at radius 3 is 2.58 bits per heavy atom. The lowest BCUT2D eigenvalue weighted by molar-refractivity contribution is 0.586. The van der Waals surface area contributed by atoms with Crippen molar-refractivity contribution in [3.05, 3.63) is 29.8 Å². The highest BCUT2D eigenvalue weighted by Crippen LogP contribution is 2.15. The molecule has 0 heterocycles. The zero-order valence-corrected chi connectivity index (χ0v) is 13.0. The second kappa shape index (κ2) is 7.94. The van der Waals surface area contributed by atoms with Gasteiger partial charge in [0.1, 0.15) is 17.7 Å². The second-order valence-corrected chi connectivity index (χ2v) is 4.12. The maximum atomic E-state index is 13.3. The average molecular weight is 379 g/mol. The maximum absolute atomic E-state index is 13.3. The molecule has 0 bridgehead atoms. The van der Waals surface area contributed by atoms with Gasteiger partial charge in [-0.25, -0.2) is 13.8 Å². The second-order valence-electron chi connectivity index (χ2n) is 4.12. The summed E-state index contributed by atoms with van der Waals surface area (Å²) in [6, 6.07) is 2.62. The van der Waals surface area contributed by atoms with Gasteiger partial charge in [-0.05, 0) is 18.1 Å². The fraction of sp³-hybridized carbons (Fsp3) is 0.308. The van der Waals surface area contributed by atoms with Crippen LogP contribution in [0.25, 0.3) is 0 Å². The first-order valence-electron chi connectivity index (χ1n) is 5.45. The van der Waals surface area contributed by atoms with E-state index in [9.17, 15) is 8.78 Å². The smallest absolute Gasteiger partial charge is 0.194 e. The van der Waals surface area contributed by atoms with Crippen LogP contribution in [0.1, 0.15) is 13.8 Å². The number of nitrogens with one attached hydrogen (secondary N) is 1. The Bertz CT molecular complexity index is 495. The number of hydrogen-bond donors (Lipinski definition) is 2. The van der Waals surface area contributed by atoms with Gasteiger partial charge < -0.3 is 11.1 Å². The van der Waals surface area contributed by atoms with Crippen LogP contribution < -0.4 is 11.1 Å². The lowest BCUT2D eigenvalue weighted by atomic mass is 10.1. The van der Waals surface area contributed by atoms with Gasteiger partial charge in [-0.3, -0.25) is 0 Å². The van der Waals surface area contributed by atoms with Crippen LogP contribution in [0.3, 0.4) is 0 Å². The molecule has 3 nitrogen and oxygen atoms in total. The van der Waals surface area contributed by atoms with Crippen LogP contribution in [0, 0.1) is 29.9 Å². The molecule has 3 N–H and O–H groups in total. The molecule has 1 unspecified atom stereocenters. The number of aliphatic imine (C=N–C) groups is 1. The minimum atomic E-state index is -0.614. The van der Waals surface area contributed by atoms with Crippen LogP contribution in [-0.4, -0.2) is 12.0 Å². The summed E-state index contributed by atoms with van der Waals surface area (Å²) in [5.41, 5.74) is 5.52. The molecular formula is C13H16F2IN3. The molecule has 0 radical (unpaired) electrons. The van der Waals surface area contributed by atoms with E-state index in [4.69, 9.17) is 12.2 Å². The van der Waals surface area contributed by atoms with Crippen LogP contribution >= 0.6 is 24.0 Å². The van der Waals surface area contributed by atoms with Crippen LogP contribution in [0.5, 0.6) is 0 Å². The minimum Gasteiger partial charge on any atom is -0.370 e. The molecular weight excluding hydrogens is 363 g/mol. The molecule has 0 aliphatic heterocycles. The molecule has 0 fully saturated rings. The van der Waals surface area contributed by atoms with Gasteiger partial charge in [0.25, 0.3) is 0 Å². The Balaban J connectivity index is 0.00000324. The number of nitrogens with two attached hydrogens (primary N) is 1. The molecule has 19 heavy (non-hydrogen) atoms. The van der Waals surface area contributed by atoms with Crippen molar-refractivity contribution >= 4 is 35.6 Å². The standard InChI is InChI=1S/C13H15F2N3.HI/c1-4-11(8(2)3)17-13(16)18-12-7-9(14)5-6-10(12)15;/h1,5-8,11H,2-3H3,(H3,16,17,18);1H. The molecule has 0 saturated carbocycles. The monoisotopic (exact) mass is 379 g/mol. The molecule has 0 amide bonds. The van der Waals surface area contributed by atoms with E-state index in [0.29, 0.717) is 0 Å². The van der Waals surface area contributed by atoms with Crippen molar-refractivity contribution < 1.29 is 8.78 Å². The third-order valence-electron chi connectivity index (χ3n) is 2.27. The van der Waals surface area contributed by atoms with E-state index in [1.807, 2.05) is 13.8 Å². The van der Waals surface area contributed by atoms with E-state index in [0.717, 1.165) is 18.2 Å². The number of anilines is 1. The molecule has 1 aromatic rings. The van der Waals surface area contributed by atoms with Crippen LogP contribution in [0.15, 0.2) is 23.2 Å². The SMILES string of the molecule is C#CC(N=C(N)Nc1cc(F)ccc1F)C(C)C.I. The lowest BCUT2D eigenvalue weighted by Gasteiger charge is -2.12. The highest BCUT2D eigenvalue weighted by atomic mass is 127. The Morgan fingerprint density at radius 2 is 2.05 bits per heavy atom. The van der Waals surface area contributed by atoms with Gasteiger partial charge in [0.2, 0.25) is 0 Å². The summed E-state index contributed by atoms with van der Waals surface area (Å²) in [4.78, 5) is 4.02. The molecule has 0 aliphatic rings. The van der Waals surface area contributed by atoms with Crippen molar-refractivity contribution in [1.29, 1.82) is 0 Å². The summed E-state index contributed by atoms with van der Waals surface area (Å²) in [6.07, 6.45) is 5.29. The molecule has 104 valence electrons. The van der Waals surface area contributed by atoms with E-state index >= 15 is 0 Å². The third kappa shape index (κ3) is 5.42. The highest BCUT2D eigenvalue weighted by molar-refractivity contribution is 14.0. The molecule has 0 aliphatic carbocycles. The summed E-state index contributed by atoms with van der Waals surface area (Å²) in [5, 5.41) is 2.49. The number of benzene rings is 1. The van der Waals surface area contributed by atoms with Gasteiger partial charge in [0.15, 0.2) is 5.96 Å². The Kier molecular flexibility index (Phi) is 7.37. The summed E-state index contributed by atoms with van der Waals surface area (Å²) in [6.45, 7) is 3.79. The molecule has 1 rings (SSSR count). The van der Waals surface area contributed by atoms with E-state index in [1.165, 1.54) is 0 Å². The summed E-state index contributed by atoms with van der Waals surface area (Å²) >= 11 is 0. The van der Waals surface area contributed by atoms with Gasteiger partial charge in [-0.1, -0.05) is 19.8 Å². The summed E-state index contributed by atoms with van der Waals surface area (Å²) in [7, 11) is 0. The van der Waals surface area contributed by atoms with E-state index in [1.54, 1.807) is 0 Å². The number of nitrogens with zero attached hydrogens (tertiary/aromatic N) is 1. The topological polar surface area (TPSA) is 50.4 Å². The normalized spacial score (nSPS) is 12.5. The molecule has 0 aromatic heterocycles. The largest absolute Gasteiger partial charge is 0.370 e. The van der Waals surface area contributed by atoms with Crippen LogP contribution in [0.2, 0.25) is 0 Å². The van der Waals surface area contributed by atoms with Crippen molar-refractivity contribution in [2.24, 2.45) is 16.6 Å². The average Bonchev–Trinajstić information content (AvgIpc) is 2.30. The zero-order chi connectivity index (χ0) is 13.7. The van der Waals surface area contributed by atoms with Gasteiger partial charge in [0, 0.05) is 6.07 Å². The Morgan fingerprint density at radius 1 is 1.42 bits per heavy atom. The molecule has 6 heteroatoms. The summed E-state index contributed by atoms with van der Waals surface area (Å²) < 4.78 is 26.3. The predicted molar refractivity (Wildman–Crippen MR) is 84.5 cm³/mol. The maximum Gasteiger partial charge on any atom is 0.194 e. The van der Waals surface area contributed by atoms with Crippen molar-refractivity contribution in [2.45, 2.75) is 19.9 Å². The molecule has 0 spiro atoms.